The molecule has 2 unspecified atom stereocenters. The van der Waals surface area contributed by atoms with Gasteiger partial charge in [0.05, 0.1) is 0 Å². The van der Waals surface area contributed by atoms with Crippen LogP contribution >= 0.6 is 0 Å². The third kappa shape index (κ3) is 2.22. The predicted molar refractivity (Wildman–Crippen MR) is 47.0 cm³/mol. The second-order valence-electron chi connectivity index (χ2n) is 3.23. The highest BCUT2D eigenvalue weighted by Gasteiger charge is 2.32. The maximum absolute atomic E-state index is 11.4. The van der Waals surface area contributed by atoms with Crippen LogP contribution in [0.5, 0.6) is 0 Å². The number of aldehydes is 1. The summed E-state index contributed by atoms with van der Waals surface area (Å²) in [6.45, 7) is 2.09. The Morgan fingerprint density at radius 1 is 1.79 bits per heavy atom. The Morgan fingerprint density at radius 2 is 2.50 bits per heavy atom. The molecule has 2 atom stereocenters. The molecule has 1 rings (SSSR count). The zero-order valence-electron chi connectivity index (χ0n) is 7.97. The fourth-order valence-corrected chi connectivity index (χ4v) is 1.42. The molecule has 1 saturated heterocycles. The molecule has 1 aliphatic rings. The summed E-state index contributed by atoms with van der Waals surface area (Å²) in [7, 11) is 0. The molecule has 76 valence electrons. The van der Waals surface area contributed by atoms with E-state index < -0.39 is 18.1 Å². The van der Waals surface area contributed by atoms with Gasteiger partial charge < -0.3 is 4.74 Å². The molecule has 1 aliphatic heterocycles. The second-order valence-corrected chi connectivity index (χ2v) is 3.23. The number of nitriles is 1. The lowest BCUT2D eigenvalue weighted by atomic mass is 10.2. The molecule has 0 saturated carbocycles. The quantitative estimate of drug-likeness (QED) is 0.362. The molecule has 0 bridgehead atoms. The van der Waals surface area contributed by atoms with Gasteiger partial charge in [-0.1, -0.05) is 0 Å². The van der Waals surface area contributed by atoms with Gasteiger partial charge in [-0.2, -0.15) is 5.26 Å². The van der Waals surface area contributed by atoms with E-state index in [0.717, 1.165) is 6.42 Å². The maximum Gasteiger partial charge on any atom is 0.330 e. The van der Waals surface area contributed by atoms with E-state index in [0.29, 0.717) is 19.3 Å². The first-order valence-electron chi connectivity index (χ1n) is 4.51. The smallest absolute Gasteiger partial charge is 0.330 e. The first kappa shape index (κ1) is 10.5. The topological polar surface area (TPSA) is 70.4 Å². The van der Waals surface area contributed by atoms with E-state index in [2.05, 4.69) is 0 Å². The Kier molecular flexibility index (Phi) is 3.46. The average Bonchev–Trinajstić information content (AvgIpc) is 2.65. The van der Waals surface area contributed by atoms with E-state index in [9.17, 15) is 9.59 Å². The van der Waals surface area contributed by atoms with Gasteiger partial charge >= 0.3 is 5.97 Å². The van der Waals surface area contributed by atoms with Crippen molar-refractivity contribution in [3.05, 3.63) is 0 Å². The van der Waals surface area contributed by atoms with Crippen molar-refractivity contribution in [1.29, 1.82) is 5.26 Å². The molecule has 0 amide bonds. The number of carbonyl (C=O) groups excluding carboxylic acids is 2. The Labute approximate surface area is 82.2 Å². The number of hydrogen-bond donors (Lipinski definition) is 0. The van der Waals surface area contributed by atoms with Crippen molar-refractivity contribution in [3.8, 4) is 6.19 Å². The molecular formula is C9H12N2O3. The number of likely N-dealkylation sites (tertiary alicyclic amines) is 1. The fraction of sp³-hybridized carbons (Fsp3) is 0.667. The Morgan fingerprint density at radius 3 is 3.07 bits per heavy atom. The SMILES string of the molecule is CC(C=O)OC(=O)C1CCCN1C#N. The molecule has 0 aromatic carbocycles. The van der Waals surface area contributed by atoms with E-state index in [4.69, 9.17) is 10.00 Å². The van der Waals surface area contributed by atoms with Crippen LogP contribution in [0.3, 0.4) is 0 Å². The number of nitrogens with zero attached hydrogens (tertiary/aromatic N) is 2. The van der Waals surface area contributed by atoms with Gasteiger partial charge in [0, 0.05) is 6.54 Å². The van der Waals surface area contributed by atoms with Crippen LogP contribution in [0.1, 0.15) is 19.8 Å². The highest BCUT2D eigenvalue weighted by atomic mass is 16.5. The molecule has 0 aromatic rings. The van der Waals surface area contributed by atoms with Gasteiger partial charge in [0.15, 0.2) is 18.6 Å². The minimum absolute atomic E-state index is 0.483. The third-order valence-electron chi connectivity index (χ3n) is 2.15. The highest BCUT2D eigenvalue weighted by molar-refractivity contribution is 5.78. The maximum atomic E-state index is 11.4. The molecule has 0 aromatic heterocycles. The monoisotopic (exact) mass is 196 g/mol. The lowest BCUT2D eigenvalue weighted by molar-refractivity contribution is -0.154. The number of esters is 1. The van der Waals surface area contributed by atoms with E-state index in [1.54, 1.807) is 0 Å². The number of hydrogen-bond acceptors (Lipinski definition) is 5. The van der Waals surface area contributed by atoms with Crippen molar-refractivity contribution in [2.75, 3.05) is 6.54 Å². The van der Waals surface area contributed by atoms with Crippen LogP contribution in [0.15, 0.2) is 0 Å². The van der Waals surface area contributed by atoms with Crippen LogP contribution in [0.4, 0.5) is 0 Å². The zero-order chi connectivity index (χ0) is 10.6. The van der Waals surface area contributed by atoms with Crippen LogP contribution in [0, 0.1) is 11.5 Å². The van der Waals surface area contributed by atoms with Gasteiger partial charge in [0.25, 0.3) is 0 Å². The molecule has 1 fully saturated rings. The van der Waals surface area contributed by atoms with Crippen molar-refractivity contribution in [2.45, 2.75) is 31.9 Å². The van der Waals surface area contributed by atoms with Crippen LogP contribution in [-0.4, -0.2) is 35.8 Å². The summed E-state index contributed by atoms with van der Waals surface area (Å²) in [6.07, 6.45) is 3.19. The van der Waals surface area contributed by atoms with E-state index in [1.807, 2.05) is 6.19 Å². The van der Waals surface area contributed by atoms with Gasteiger partial charge in [0.2, 0.25) is 0 Å². The van der Waals surface area contributed by atoms with Crippen molar-refractivity contribution in [3.63, 3.8) is 0 Å². The zero-order valence-corrected chi connectivity index (χ0v) is 7.97. The summed E-state index contributed by atoms with van der Waals surface area (Å²) >= 11 is 0. The molecule has 0 spiro atoms. The van der Waals surface area contributed by atoms with E-state index in [-0.39, 0.29) is 0 Å². The fourth-order valence-electron chi connectivity index (χ4n) is 1.42. The summed E-state index contributed by atoms with van der Waals surface area (Å²) in [5, 5.41) is 8.68. The van der Waals surface area contributed by atoms with Gasteiger partial charge in [-0.3, -0.25) is 9.69 Å². The molecule has 0 aliphatic carbocycles. The molecular weight excluding hydrogens is 184 g/mol. The molecule has 5 nitrogen and oxygen atoms in total. The Hall–Kier alpha value is -1.57. The molecule has 0 radical (unpaired) electrons. The van der Waals surface area contributed by atoms with Crippen LogP contribution in [-0.2, 0) is 14.3 Å². The lowest BCUT2D eigenvalue weighted by Crippen LogP contribution is -2.35. The van der Waals surface area contributed by atoms with Crippen LogP contribution in [0.25, 0.3) is 0 Å². The van der Waals surface area contributed by atoms with Crippen LogP contribution in [0.2, 0.25) is 0 Å². The Balaban J connectivity index is 2.52. The second kappa shape index (κ2) is 4.61. The van der Waals surface area contributed by atoms with E-state index in [1.165, 1.54) is 11.8 Å². The summed E-state index contributed by atoms with van der Waals surface area (Å²) < 4.78 is 4.82. The first-order valence-corrected chi connectivity index (χ1v) is 4.51. The van der Waals surface area contributed by atoms with E-state index >= 15 is 0 Å². The van der Waals surface area contributed by atoms with Crippen molar-refractivity contribution < 1.29 is 14.3 Å². The van der Waals surface area contributed by atoms with Gasteiger partial charge in [-0.25, -0.2) is 4.79 Å². The number of rotatable bonds is 3. The predicted octanol–water partition coefficient (Wildman–Crippen LogP) is 0.0625. The van der Waals surface area contributed by atoms with Crippen molar-refractivity contribution in [2.24, 2.45) is 0 Å². The molecule has 0 N–H and O–H groups in total. The van der Waals surface area contributed by atoms with Gasteiger partial charge in [-0.15, -0.1) is 0 Å². The van der Waals surface area contributed by atoms with Crippen molar-refractivity contribution >= 4 is 12.3 Å². The largest absolute Gasteiger partial charge is 0.453 e. The third-order valence-corrected chi connectivity index (χ3v) is 2.15. The minimum Gasteiger partial charge on any atom is -0.453 e. The standard InChI is InChI=1S/C9H12N2O3/c1-7(5-12)14-9(13)8-3-2-4-11(8)6-10/h5,7-8H,2-4H2,1H3. The summed E-state index contributed by atoms with van der Waals surface area (Å²) in [5.74, 6) is -0.483. The number of ether oxygens (including phenoxy) is 1. The Bertz CT molecular complexity index is 272. The average molecular weight is 196 g/mol. The van der Waals surface area contributed by atoms with Gasteiger partial charge in [-0.05, 0) is 19.8 Å². The normalized spacial score (nSPS) is 22.6. The van der Waals surface area contributed by atoms with Gasteiger partial charge in [0.1, 0.15) is 6.04 Å². The van der Waals surface area contributed by atoms with Crippen molar-refractivity contribution in [1.82, 2.24) is 4.90 Å². The number of carbonyl (C=O) groups is 2. The lowest BCUT2D eigenvalue weighted by Gasteiger charge is -2.17. The molecule has 1 heterocycles. The minimum atomic E-state index is -0.733. The summed E-state index contributed by atoms with van der Waals surface area (Å²) in [6, 6.07) is -0.498. The first-order chi connectivity index (χ1) is 6.69. The molecule has 14 heavy (non-hydrogen) atoms. The summed E-state index contributed by atoms with van der Waals surface area (Å²) in [5.41, 5.74) is 0. The van der Waals surface area contributed by atoms with Crippen LogP contribution < -0.4 is 0 Å². The summed E-state index contributed by atoms with van der Waals surface area (Å²) in [4.78, 5) is 23.0. The highest BCUT2D eigenvalue weighted by Crippen LogP contribution is 2.17. The molecule has 5 heteroatoms.